The number of aromatic nitrogens is 1. The number of anilines is 1. The van der Waals surface area contributed by atoms with E-state index in [9.17, 15) is 0 Å². The van der Waals surface area contributed by atoms with Gasteiger partial charge in [0.05, 0.1) is 13.7 Å². The Morgan fingerprint density at radius 1 is 1.33 bits per heavy atom. The third kappa shape index (κ3) is 2.94. The second-order valence-corrected chi connectivity index (χ2v) is 5.34. The maximum absolute atomic E-state index is 5.92. The molecule has 2 aromatic rings. The molecule has 4 heteroatoms. The molecular formula is C17H20N2O2. The largest absolute Gasteiger partial charge is 0.493 e. The van der Waals surface area contributed by atoms with Crippen molar-refractivity contribution in [1.29, 1.82) is 0 Å². The minimum absolute atomic E-state index is 0.479. The minimum Gasteiger partial charge on any atom is -0.493 e. The fraction of sp³-hybridized carbons (Fsp3) is 0.353. The average Bonchev–Trinajstić information content (AvgIpc) is 2.54. The first kappa shape index (κ1) is 13.7. The summed E-state index contributed by atoms with van der Waals surface area (Å²) in [6, 6.07) is 10.2. The van der Waals surface area contributed by atoms with Crippen molar-refractivity contribution in [2.75, 3.05) is 26.1 Å². The van der Waals surface area contributed by atoms with Crippen LogP contribution in [0.2, 0.25) is 0 Å². The molecule has 1 unspecified atom stereocenters. The smallest absolute Gasteiger partial charge is 0.164 e. The van der Waals surface area contributed by atoms with Crippen molar-refractivity contribution in [3.63, 3.8) is 0 Å². The van der Waals surface area contributed by atoms with Gasteiger partial charge in [0.25, 0.3) is 0 Å². The standard InChI is InChI=1S/C17H20N2O2/c1-18-16-7-6-12(10-19-16)8-13-9-14-4-3-5-15(20-2)17(14)21-11-13/h3-7,10,13H,8-9,11H2,1-2H3,(H,18,19). The highest BCUT2D eigenvalue weighted by Crippen LogP contribution is 2.36. The van der Waals surface area contributed by atoms with E-state index in [-0.39, 0.29) is 0 Å². The zero-order valence-corrected chi connectivity index (χ0v) is 12.4. The Labute approximate surface area is 125 Å². The van der Waals surface area contributed by atoms with E-state index in [1.165, 1.54) is 11.1 Å². The summed E-state index contributed by atoms with van der Waals surface area (Å²) in [4.78, 5) is 4.36. The van der Waals surface area contributed by atoms with Crippen molar-refractivity contribution in [1.82, 2.24) is 4.98 Å². The molecular weight excluding hydrogens is 264 g/mol. The maximum atomic E-state index is 5.92. The Hall–Kier alpha value is -2.23. The topological polar surface area (TPSA) is 43.4 Å². The third-order valence-corrected chi connectivity index (χ3v) is 3.86. The zero-order chi connectivity index (χ0) is 14.7. The molecule has 0 radical (unpaired) electrons. The van der Waals surface area contributed by atoms with Gasteiger partial charge in [-0.25, -0.2) is 4.98 Å². The van der Waals surface area contributed by atoms with Gasteiger partial charge >= 0.3 is 0 Å². The van der Waals surface area contributed by atoms with Gasteiger partial charge in [-0.05, 0) is 36.1 Å². The van der Waals surface area contributed by atoms with Gasteiger partial charge in [0.15, 0.2) is 11.5 Å². The number of para-hydroxylation sites is 1. The molecule has 0 saturated carbocycles. The van der Waals surface area contributed by atoms with Gasteiger partial charge < -0.3 is 14.8 Å². The predicted octanol–water partition coefficient (Wildman–Crippen LogP) is 2.93. The van der Waals surface area contributed by atoms with E-state index in [0.717, 1.165) is 36.8 Å². The highest BCUT2D eigenvalue weighted by Gasteiger charge is 2.22. The molecule has 2 heterocycles. The molecule has 1 aliphatic heterocycles. The van der Waals surface area contributed by atoms with Crippen LogP contribution in [0.1, 0.15) is 11.1 Å². The Morgan fingerprint density at radius 2 is 2.24 bits per heavy atom. The van der Waals surface area contributed by atoms with Gasteiger partial charge in [0.2, 0.25) is 0 Å². The first-order chi connectivity index (χ1) is 10.3. The van der Waals surface area contributed by atoms with Crippen LogP contribution in [0.15, 0.2) is 36.5 Å². The van der Waals surface area contributed by atoms with Crippen LogP contribution in [0.5, 0.6) is 11.5 Å². The van der Waals surface area contributed by atoms with Crippen molar-refractivity contribution in [3.05, 3.63) is 47.7 Å². The van der Waals surface area contributed by atoms with Crippen molar-refractivity contribution >= 4 is 5.82 Å². The average molecular weight is 284 g/mol. The first-order valence-corrected chi connectivity index (χ1v) is 7.21. The zero-order valence-electron chi connectivity index (χ0n) is 12.4. The van der Waals surface area contributed by atoms with E-state index < -0.39 is 0 Å². The van der Waals surface area contributed by atoms with Gasteiger partial charge in [0.1, 0.15) is 5.82 Å². The fourth-order valence-electron chi connectivity index (χ4n) is 2.78. The molecule has 110 valence electrons. The third-order valence-electron chi connectivity index (χ3n) is 3.86. The lowest BCUT2D eigenvalue weighted by atomic mass is 9.91. The van der Waals surface area contributed by atoms with Crippen LogP contribution in [-0.4, -0.2) is 25.7 Å². The quantitative estimate of drug-likeness (QED) is 0.937. The predicted molar refractivity (Wildman–Crippen MR) is 83.2 cm³/mol. The summed E-state index contributed by atoms with van der Waals surface area (Å²) in [5.74, 6) is 3.10. The summed E-state index contributed by atoms with van der Waals surface area (Å²) in [5.41, 5.74) is 2.47. The second kappa shape index (κ2) is 6.04. The molecule has 0 aliphatic carbocycles. The molecule has 3 rings (SSSR count). The number of nitrogens with one attached hydrogen (secondary N) is 1. The normalized spacial score (nSPS) is 16.8. The van der Waals surface area contributed by atoms with Crippen LogP contribution in [0.3, 0.4) is 0 Å². The van der Waals surface area contributed by atoms with Crippen LogP contribution in [0.25, 0.3) is 0 Å². The molecule has 0 fully saturated rings. The van der Waals surface area contributed by atoms with Crippen molar-refractivity contribution in [2.45, 2.75) is 12.8 Å². The number of rotatable bonds is 4. The molecule has 0 spiro atoms. The highest BCUT2D eigenvalue weighted by molar-refractivity contribution is 5.47. The Kier molecular flexibility index (Phi) is 3.95. The molecule has 1 atom stereocenters. The van der Waals surface area contributed by atoms with Crippen molar-refractivity contribution in [2.24, 2.45) is 5.92 Å². The number of hydrogen-bond acceptors (Lipinski definition) is 4. The lowest BCUT2D eigenvalue weighted by Gasteiger charge is -2.26. The molecule has 1 N–H and O–H groups in total. The van der Waals surface area contributed by atoms with E-state index in [1.807, 2.05) is 31.4 Å². The molecule has 1 aromatic carbocycles. The molecule has 21 heavy (non-hydrogen) atoms. The Bertz CT molecular complexity index is 611. The van der Waals surface area contributed by atoms with E-state index in [1.54, 1.807) is 7.11 Å². The summed E-state index contributed by atoms with van der Waals surface area (Å²) < 4.78 is 11.3. The monoisotopic (exact) mass is 284 g/mol. The second-order valence-electron chi connectivity index (χ2n) is 5.34. The highest BCUT2D eigenvalue weighted by atomic mass is 16.5. The van der Waals surface area contributed by atoms with Gasteiger partial charge in [-0.2, -0.15) is 0 Å². The van der Waals surface area contributed by atoms with E-state index in [4.69, 9.17) is 9.47 Å². The Balaban J connectivity index is 1.71. The fourth-order valence-corrected chi connectivity index (χ4v) is 2.78. The SMILES string of the molecule is CNc1ccc(CC2COc3c(cccc3OC)C2)cn1. The van der Waals surface area contributed by atoms with Crippen LogP contribution in [0, 0.1) is 5.92 Å². The molecule has 0 amide bonds. The lowest BCUT2D eigenvalue weighted by Crippen LogP contribution is -2.23. The number of ether oxygens (including phenoxy) is 2. The van der Waals surface area contributed by atoms with Crippen molar-refractivity contribution in [3.8, 4) is 11.5 Å². The maximum Gasteiger partial charge on any atom is 0.164 e. The summed E-state index contributed by atoms with van der Waals surface area (Å²) in [6.07, 6.45) is 3.93. The number of benzene rings is 1. The Morgan fingerprint density at radius 3 is 2.95 bits per heavy atom. The minimum atomic E-state index is 0.479. The van der Waals surface area contributed by atoms with Gasteiger partial charge in [-0.3, -0.25) is 0 Å². The van der Waals surface area contributed by atoms with Crippen molar-refractivity contribution < 1.29 is 9.47 Å². The van der Waals surface area contributed by atoms with Crippen LogP contribution < -0.4 is 14.8 Å². The van der Waals surface area contributed by atoms with Gasteiger partial charge in [-0.1, -0.05) is 18.2 Å². The molecule has 0 bridgehead atoms. The first-order valence-electron chi connectivity index (χ1n) is 7.21. The van der Waals surface area contributed by atoms with Crippen LogP contribution in [0.4, 0.5) is 5.82 Å². The number of pyridine rings is 1. The lowest BCUT2D eigenvalue weighted by molar-refractivity contribution is 0.211. The van der Waals surface area contributed by atoms with Gasteiger partial charge in [0, 0.05) is 19.2 Å². The number of hydrogen-bond donors (Lipinski definition) is 1. The number of nitrogens with zero attached hydrogens (tertiary/aromatic N) is 1. The van der Waals surface area contributed by atoms with E-state index >= 15 is 0 Å². The molecule has 0 saturated heterocycles. The molecule has 4 nitrogen and oxygen atoms in total. The molecule has 1 aliphatic rings. The van der Waals surface area contributed by atoms with Crippen LogP contribution in [-0.2, 0) is 12.8 Å². The number of fused-ring (bicyclic) bond motifs is 1. The van der Waals surface area contributed by atoms with Gasteiger partial charge in [-0.15, -0.1) is 0 Å². The summed E-state index contributed by atoms with van der Waals surface area (Å²) in [6.45, 7) is 0.723. The van der Waals surface area contributed by atoms with E-state index in [2.05, 4.69) is 22.4 Å². The summed E-state index contributed by atoms with van der Waals surface area (Å²) in [7, 11) is 3.56. The van der Waals surface area contributed by atoms with Crippen LogP contribution >= 0.6 is 0 Å². The molecule has 1 aromatic heterocycles. The van der Waals surface area contributed by atoms with E-state index in [0.29, 0.717) is 5.92 Å². The summed E-state index contributed by atoms with van der Waals surface area (Å²) in [5, 5.41) is 3.03. The summed E-state index contributed by atoms with van der Waals surface area (Å²) >= 11 is 0. The number of methoxy groups -OCH3 is 1.